The minimum absolute atomic E-state index is 0.150. The van der Waals surface area contributed by atoms with Crippen LogP contribution in [-0.4, -0.2) is 17.3 Å². The van der Waals surface area contributed by atoms with Crippen LogP contribution in [0.2, 0.25) is 5.02 Å². The third-order valence-electron chi connectivity index (χ3n) is 3.20. The van der Waals surface area contributed by atoms with Gasteiger partial charge in [0.05, 0.1) is 10.6 Å². The van der Waals surface area contributed by atoms with Crippen molar-refractivity contribution in [3.8, 4) is 0 Å². The second-order valence-electron chi connectivity index (χ2n) is 4.61. The monoisotopic (exact) mass is 333 g/mol. The summed E-state index contributed by atoms with van der Waals surface area (Å²) in [6.45, 7) is 0.647. The molecule has 1 aromatic rings. The zero-order chi connectivity index (χ0) is 13.1. The topological polar surface area (TPSA) is 29.1 Å². The van der Waals surface area contributed by atoms with Crippen LogP contribution >= 0.6 is 27.5 Å². The molecule has 0 spiro atoms. The molecular formula is C13H14BrClFNO. The van der Waals surface area contributed by atoms with E-state index in [1.165, 1.54) is 12.1 Å². The van der Waals surface area contributed by atoms with Crippen molar-refractivity contribution in [2.24, 2.45) is 5.92 Å². The Kier molecular flexibility index (Phi) is 4.62. The van der Waals surface area contributed by atoms with Gasteiger partial charge in [-0.2, -0.15) is 0 Å². The number of alkyl halides is 1. The lowest BCUT2D eigenvalue weighted by molar-refractivity contribution is 0.0947. The van der Waals surface area contributed by atoms with E-state index in [4.69, 9.17) is 11.6 Å². The third kappa shape index (κ3) is 3.45. The maximum Gasteiger partial charge on any atom is 0.252 e. The number of carbonyl (C=O) groups excluding carboxylic acids is 1. The van der Waals surface area contributed by atoms with Gasteiger partial charge in [0.2, 0.25) is 0 Å². The first kappa shape index (κ1) is 13.8. The first-order chi connectivity index (χ1) is 8.56. The van der Waals surface area contributed by atoms with Crippen LogP contribution in [0.4, 0.5) is 4.39 Å². The number of halogens is 3. The van der Waals surface area contributed by atoms with Gasteiger partial charge in [-0.3, -0.25) is 4.79 Å². The maximum atomic E-state index is 12.9. The lowest BCUT2D eigenvalue weighted by atomic mass is 10.1. The molecule has 98 valence electrons. The Morgan fingerprint density at radius 3 is 2.89 bits per heavy atom. The Morgan fingerprint density at radius 2 is 2.28 bits per heavy atom. The summed E-state index contributed by atoms with van der Waals surface area (Å²) in [6, 6.07) is 3.81. The Labute approximate surface area is 119 Å². The third-order valence-corrected chi connectivity index (χ3v) is 4.35. The minimum Gasteiger partial charge on any atom is -0.352 e. The van der Waals surface area contributed by atoms with Crippen molar-refractivity contribution in [3.63, 3.8) is 0 Å². The Morgan fingerprint density at radius 1 is 1.50 bits per heavy atom. The number of nitrogens with one attached hydrogen (secondary N) is 1. The highest BCUT2D eigenvalue weighted by Gasteiger charge is 2.23. The van der Waals surface area contributed by atoms with Gasteiger partial charge in [-0.15, -0.1) is 0 Å². The smallest absolute Gasteiger partial charge is 0.252 e. The van der Waals surface area contributed by atoms with Gasteiger partial charge >= 0.3 is 0 Å². The normalized spacial score (nSPS) is 23.1. The molecular weight excluding hydrogens is 321 g/mol. The zero-order valence-corrected chi connectivity index (χ0v) is 12.1. The first-order valence-electron chi connectivity index (χ1n) is 5.93. The van der Waals surface area contributed by atoms with Gasteiger partial charge in [0.15, 0.2) is 0 Å². The average Bonchev–Trinajstić information content (AvgIpc) is 2.72. The second kappa shape index (κ2) is 6.02. The summed E-state index contributed by atoms with van der Waals surface area (Å²) in [5.74, 6) is -0.162. The van der Waals surface area contributed by atoms with E-state index in [-0.39, 0.29) is 10.9 Å². The van der Waals surface area contributed by atoms with Gasteiger partial charge in [-0.05, 0) is 43.4 Å². The molecule has 2 rings (SSSR count). The van der Waals surface area contributed by atoms with Crippen LogP contribution < -0.4 is 5.32 Å². The molecule has 1 amide bonds. The van der Waals surface area contributed by atoms with Crippen molar-refractivity contribution < 1.29 is 9.18 Å². The molecule has 1 aliphatic carbocycles. The summed E-state index contributed by atoms with van der Waals surface area (Å²) in [5, 5.41) is 3.01. The summed E-state index contributed by atoms with van der Waals surface area (Å²) in [5.41, 5.74) is 0.325. The SMILES string of the molecule is O=C(NCC1CCC(Br)C1)c1ccc(F)cc1Cl. The Hall–Kier alpha value is -0.610. The van der Waals surface area contributed by atoms with Crippen molar-refractivity contribution in [1.29, 1.82) is 0 Å². The summed E-state index contributed by atoms with van der Waals surface area (Å²) in [4.78, 5) is 12.4. The molecule has 0 aromatic heterocycles. The predicted molar refractivity (Wildman–Crippen MR) is 73.8 cm³/mol. The second-order valence-corrected chi connectivity index (χ2v) is 6.31. The Bertz CT molecular complexity index is 455. The molecule has 0 radical (unpaired) electrons. The molecule has 0 saturated heterocycles. The molecule has 1 fully saturated rings. The molecule has 1 aliphatic rings. The van der Waals surface area contributed by atoms with Crippen LogP contribution in [-0.2, 0) is 0 Å². The molecule has 1 saturated carbocycles. The summed E-state index contributed by atoms with van der Waals surface area (Å²) >= 11 is 9.41. The molecule has 0 bridgehead atoms. The molecule has 2 atom stereocenters. The lowest BCUT2D eigenvalue weighted by Crippen LogP contribution is -2.28. The van der Waals surface area contributed by atoms with Gasteiger partial charge in [0.1, 0.15) is 5.82 Å². The van der Waals surface area contributed by atoms with Crippen molar-refractivity contribution in [3.05, 3.63) is 34.6 Å². The van der Waals surface area contributed by atoms with Crippen LogP contribution in [0.3, 0.4) is 0 Å². The highest BCUT2D eigenvalue weighted by molar-refractivity contribution is 9.09. The van der Waals surface area contributed by atoms with Crippen molar-refractivity contribution in [2.75, 3.05) is 6.54 Å². The fraction of sp³-hybridized carbons (Fsp3) is 0.462. The van der Waals surface area contributed by atoms with Crippen molar-refractivity contribution >= 4 is 33.4 Å². The standard InChI is InChI=1S/C13H14BrClFNO/c14-9-2-1-8(5-9)7-17-13(18)11-4-3-10(16)6-12(11)15/h3-4,6,8-9H,1-2,5,7H2,(H,17,18). The van der Waals surface area contributed by atoms with Crippen molar-refractivity contribution in [1.82, 2.24) is 5.32 Å². The van der Waals surface area contributed by atoms with E-state index in [1.54, 1.807) is 0 Å². The molecule has 2 nitrogen and oxygen atoms in total. The molecule has 0 heterocycles. The van der Waals surface area contributed by atoms with Crippen LogP contribution in [0.25, 0.3) is 0 Å². The summed E-state index contributed by atoms with van der Waals surface area (Å²) in [6.07, 6.45) is 3.35. The zero-order valence-electron chi connectivity index (χ0n) is 9.76. The Balaban J connectivity index is 1.91. The quantitative estimate of drug-likeness (QED) is 0.838. The van der Waals surface area contributed by atoms with E-state index < -0.39 is 5.82 Å². The average molecular weight is 335 g/mol. The van der Waals surface area contributed by atoms with E-state index >= 15 is 0 Å². The number of hydrogen-bond acceptors (Lipinski definition) is 1. The van der Waals surface area contributed by atoms with Crippen LogP contribution in [0, 0.1) is 11.7 Å². The fourth-order valence-corrected chi connectivity index (χ4v) is 3.25. The first-order valence-corrected chi connectivity index (χ1v) is 7.23. The van der Waals surface area contributed by atoms with Crippen LogP contribution in [0.5, 0.6) is 0 Å². The van der Waals surface area contributed by atoms with Gasteiger partial charge in [-0.25, -0.2) is 4.39 Å². The van der Waals surface area contributed by atoms with Gasteiger partial charge in [0, 0.05) is 11.4 Å². The van der Waals surface area contributed by atoms with E-state index in [2.05, 4.69) is 21.2 Å². The highest BCUT2D eigenvalue weighted by atomic mass is 79.9. The van der Waals surface area contributed by atoms with E-state index in [0.717, 1.165) is 25.3 Å². The predicted octanol–water partition coefficient (Wildman–Crippen LogP) is 3.77. The molecule has 1 aromatic carbocycles. The van der Waals surface area contributed by atoms with Crippen molar-refractivity contribution in [2.45, 2.75) is 24.1 Å². The maximum absolute atomic E-state index is 12.9. The molecule has 5 heteroatoms. The number of amides is 1. The van der Waals surface area contributed by atoms with Gasteiger partial charge in [-0.1, -0.05) is 27.5 Å². The molecule has 1 N–H and O–H groups in total. The van der Waals surface area contributed by atoms with E-state index in [1.807, 2.05) is 0 Å². The van der Waals surface area contributed by atoms with E-state index in [9.17, 15) is 9.18 Å². The van der Waals surface area contributed by atoms with Crippen LogP contribution in [0.15, 0.2) is 18.2 Å². The number of carbonyl (C=O) groups is 1. The molecule has 0 aliphatic heterocycles. The number of hydrogen-bond donors (Lipinski definition) is 1. The van der Waals surface area contributed by atoms with Crippen LogP contribution in [0.1, 0.15) is 29.6 Å². The summed E-state index contributed by atoms with van der Waals surface area (Å²) in [7, 11) is 0. The highest BCUT2D eigenvalue weighted by Crippen LogP contribution is 2.30. The number of rotatable bonds is 3. The molecule has 18 heavy (non-hydrogen) atoms. The summed E-state index contributed by atoms with van der Waals surface area (Å²) < 4.78 is 12.9. The minimum atomic E-state index is -0.436. The largest absolute Gasteiger partial charge is 0.352 e. The van der Waals surface area contributed by atoms with Gasteiger partial charge in [0.25, 0.3) is 5.91 Å². The van der Waals surface area contributed by atoms with E-state index in [0.29, 0.717) is 22.9 Å². The molecule has 2 unspecified atom stereocenters. The van der Waals surface area contributed by atoms with Gasteiger partial charge < -0.3 is 5.32 Å². The number of benzene rings is 1. The lowest BCUT2D eigenvalue weighted by Gasteiger charge is -2.11. The fourth-order valence-electron chi connectivity index (χ4n) is 2.21.